The van der Waals surface area contributed by atoms with Crippen molar-refractivity contribution in [2.45, 2.75) is 57.0 Å². The molecule has 0 aliphatic heterocycles. The lowest BCUT2D eigenvalue weighted by atomic mass is 9.72. The molecule has 15 heavy (non-hydrogen) atoms. The summed E-state index contributed by atoms with van der Waals surface area (Å²) in [6, 6.07) is 0. The van der Waals surface area contributed by atoms with Gasteiger partial charge in [-0.25, -0.2) is 0 Å². The summed E-state index contributed by atoms with van der Waals surface area (Å²) in [7, 11) is 0. The molecule has 2 heteroatoms. The molecule has 0 amide bonds. The quantitative estimate of drug-likeness (QED) is 0.687. The van der Waals surface area contributed by atoms with Crippen LogP contribution in [0.1, 0.15) is 51.4 Å². The summed E-state index contributed by atoms with van der Waals surface area (Å²) < 4.78 is 0. The first-order chi connectivity index (χ1) is 7.26. The van der Waals surface area contributed by atoms with E-state index in [0.29, 0.717) is 5.92 Å². The molecule has 0 saturated heterocycles. The SMILES string of the molecule is OCC1(O)CCCC=C1C1CCCCC1. The van der Waals surface area contributed by atoms with Crippen LogP contribution in [-0.2, 0) is 0 Å². The summed E-state index contributed by atoms with van der Waals surface area (Å²) in [6.07, 6.45) is 11.3. The number of allylic oxidation sites excluding steroid dienone is 1. The molecule has 2 aliphatic carbocycles. The van der Waals surface area contributed by atoms with E-state index in [4.69, 9.17) is 0 Å². The summed E-state index contributed by atoms with van der Waals surface area (Å²) in [5.41, 5.74) is 0.260. The van der Waals surface area contributed by atoms with Crippen LogP contribution < -0.4 is 0 Å². The molecule has 2 aliphatic rings. The standard InChI is InChI=1S/C13H22O2/c14-10-13(15)9-5-4-8-12(13)11-6-2-1-3-7-11/h8,11,14-15H,1-7,9-10H2. The van der Waals surface area contributed by atoms with Crippen molar-refractivity contribution < 1.29 is 10.2 Å². The van der Waals surface area contributed by atoms with Crippen LogP contribution in [-0.4, -0.2) is 22.4 Å². The van der Waals surface area contributed by atoms with Crippen LogP contribution in [0.2, 0.25) is 0 Å². The van der Waals surface area contributed by atoms with Gasteiger partial charge in [-0.2, -0.15) is 0 Å². The molecule has 0 bridgehead atoms. The molecule has 0 aromatic heterocycles. The Kier molecular flexibility index (Phi) is 3.47. The Hall–Kier alpha value is -0.340. The highest BCUT2D eigenvalue weighted by molar-refractivity contribution is 5.23. The van der Waals surface area contributed by atoms with E-state index in [1.54, 1.807) is 0 Å². The molecule has 0 spiro atoms. The third-order valence-corrected chi connectivity index (χ3v) is 4.00. The van der Waals surface area contributed by atoms with Gasteiger partial charge in [0, 0.05) is 0 Å². The second kappa shape index (κ2) is 4.67. The molecule has 1 unspecified atom stereocenters. The van der Waals surface area contributed by atoms with E-state index in [0.717, 1.165) is 24.8 Å². The van der Waals surface area contributed by atoms with Crippen LogP contribution in [0.15, 0.2) is 11.6 Å². The Morgan fingerprint density at radius 3 is 2.60 bits per heavy atom. The zero-order valence-corrected chi connectivity index (χ0v) is 9.41. The number of hydrogen-bond acceptors (Lipinski definition) is 2. The van der Waals surface area contributed by atoms with Gasteiger partial charge in [-0.05, 0) is 43.6 Å². The second-order valence-electron chi connectivity index (χ2n) is 5.08. The Morgan fingerprint density at radius 2 is 1.93 bits per heavy atom. The van der Waals surface area contributed by atoms with E-state index in [1.807, 2.05) is 0 Å². The zero-order chi connectivity index (χ0) is 10.7. The summed E-state index contributed by atoms with van der Waals surface area (Å²) in [6.45, 7) is -0.102. The maximum Gasteiger partial charge on any atom is 0.109 e. The topological polar surface area (TPSA) is 40.5 Å². The molecule has 2 nitrogen and oxygen atoms in total. The summed E-state index contributed by atoms with van der Waals surface area (Å²) in [4.78, 5) is 0. The van der Waals surface area contributed by atoms with Crippen molar-refractivity contribution in [2.75, 3.05) is 6.61 Å². The molecular weight excluding hydrogens is 188 g/mol. The van der Waals surface area contributed by atoms with Crippen molar-refractivity contribution in [1.29, 1.82) is 0 Å². The highest BCUT2D eigenvalue weighted by Crippen LogP contribution is 2.40. The van der Waals surface area contributed by atoms with Gasteiger partial charge in [-0.3, -0.25) is 0 Å². The van der Waals surface area contributed by atoms with Crippen molar-refractivity contribution >= 4 is 0 Å². The molecule has 2 N–H and O–H groups in total. The molecule has 2 rings (SSSR count). The van der Waals surface area contributed by atoms with Crippen molar-refractivity contribution in [3.8, 4) is 0 Å². The predicted octanol–water partition coefficient (Wildman–Crippen LogP) is 2.40. The van der Waals surface area contributed by atoms with Gasteiger partial charge in [0.05, 0.1) is 6.61 Å². The van der Waals surface area contributed by atoms with Crippen molar-refractivity contribution in [1.82, 2.24) is 0 Å². The fourth-order valence-corrected chi connectivity index (χ4v) is 3.12. The van der Waals surface area contributed by atoms with E-state index in [1.165, 1.54) is 32.1 Å². The zero-order valence-electron chi connectivity index (χ0n) is 9.41. The van der Waals surface area contributed by atoms with Gasteiger partial charge < -0.3 is 10.2 Å². The van der Waals surface area contributed by atoms with E-state index in [-0.39, 0.29) is 6.61 Å². The van der Waals surface area contributed by atoms with Crippen molar-refractivity contribution in [3.05, 3.63) is 11.6 Å². The Balaban J connectivity index is 2.13. The minimum absolute atomic E-state index is 0.102. The first kappa shape index (κ1) is 11.2. The Labute approximate surface area is 92.0 Å². The van der Waals surface area contributed by atoms with Crippen LogP contribution in [0.4, 0.5) is 0 Å². The maximum absolute atomic E-state index is 10.4. The molecule has 0 radical (unpaired) electrons. The van der Waals surface area contributed by atoms with E-state index < -0.39 is 5.60 Å². The van der Waals surface area contributed by atoms with Gasteiger partial charge in [-0.1, -0.05) is 25.3 Å². The van der Waals surface area contributed by atoms with Crippen LogP contribution in [0.3, 0.4) is 0 Å². The van der Waals surface area contributed by atoms with Crippen LogP contribution in [0.5, 0.6) is 0 Å². The first-order valence-electron chi connectivity index (χ1n) is 6.30. The van der Waals surface area contributed by atoms with Gasteiger partial charge in [0.25, 0.3) is 0 Å². The molecule has 0 aromatic rings. The first-order valence-corrected chi connectivity index (χ1v) is 6.30. The molecule has 0 aromatic carbocycles. The predicted molar refractivity (Wildman–Crippen MR) is 60.5 cm³/mol. The largest absolute Gasteiger partial charge is 0.393 e. The van der Waals surface area contributed by atoms with Gasteiger partial charge in [0.1, 0.15) is 5.60 Å². The highest BCUT2D eigenvalue weighted by Gasteiger charge is 2.36. The smallest absolute Gasteiger partial charge is 0.109 e. The lowest BCUT2D eigenvalue weighted by molar-refractivity contribution is -0.00542. The third kappa shape index (κ3) is 2.26. The summed E-state index contributed by atoms with van der Waals surface area (Å²) >= 11 is 0. The third-order valence-electron chi connectivity index (χ3n) is 4.00. The molecule has 1 saturated carbocycles. The number of aliphatic hydroxyl groups is 2. The van der Waals surface area contributed by atoms with E-state index >= 15 is 0 Å². The van der Waals surface area contributed by atoms with E-state index in [2.05, 4.69) is 6.08 Å². The average Bonchev–Trinajstić information content (AvgIpc) is 2.31. The second-order valence-corrected chi connectivity index (χ2v) is 5.08. The minimum atomic E-state index is -0.889. The fraction of sp³-hybridized carbons (Fsp3) is 0.846. The van der Waals surface area contributed by atoms with E-state index in [9.17, 15) is 10.2 Å². The summed E-state index contributed by atoms with van der Waals surface area (Å²) in [5.74, 6) is 0.538. The number of hydrogen-bond donors (Lipinski definition) is 2. The highest BCUT2D eigenvalue weighted by atomic mass is 16.3. The minimum Gasteiger partial charge on any atom is -0.393 e. The lowest BCUT2D eigenvalue weighted by Gasteiger charge is -2.38. The van der Waals surface area contributed by atoms with Crippen molar-refractivity contribution in [3.63, 3.8) is 0 Å². The summed E-state index contributed by atoms with van der Waals surface area (Å²) in [5, 5.41) is 19.7. The van der Waals surface area contributed by atoms with Gasteiger partial charge in [-0.15, -0.1) is 0 Å². The molecule has 86 valence electrons. The molecular formula is C13H22O2. The Bertz CT molecular complexity index is 241. The molecule has 0 heterocycles. The lowest BCUT2D eigenvalue weighted by Crippen LogP contribution is -2.40. The normalized spacial score (nSPS) is 33.9. The average molecular weight is 210 g/mol. The fourth-order valence-electron chi connectivity index (χ4n) is 3.12. The number of aliphatic hydroxyl groups excluding tert-OH is 1. The number of rotatable bonds is 2. The van der Waals surface area contributed by atoms with Gasteiger partial charge >= 0.3 is 0 Å². The van der Waals surface area contributed by atoms with Crippen LogP contribution in [0.25, 0.3) is 0 Å². The monoisotopic (exact) mass is 210 g/mol. The Morgan fingerprint density at radius 1 is 1.20 bits per heavy atom. The van der Waals surface area contributed by atoms with Crippen LogP contribution in [0, 0.1) is 5.92 Å². The van der Waals surface area contributed by atoms with Gasteiger partial charge in [0.15, 0.2) is 0 Å². The van der Waals surface area contributed by atoms with Crippen molar-refractivity contribution in [2.24, 2.45) is 5.92 Å². The molecule has 1 fully saturated rings. The molecule has 1 atom stereocenters. The maximum atomic E-state index is 10.4. The van der Waals surface area contributed by atoms with Gasteiger partial charge in [0.2, 0.25) is 0 Å². The van der Waals surface area contributed by atoms with Crippen LogP contribution >= 0.6 is 0 Å².